The molecule has 63 heavy (non-hydrogen) atoms. The minimum Gasteiger partial charge on any atom is -0.444 e. The molecule has 1 aliphatic heterocycles. The van der Waals surface area contributed by atoms with Crippen LogP contribution in [-0.2, 0) is 27.4 Å². The summed E-state index contributed by atoms with van der Waals surface area (Å²) in [4.78, 5) is 37.2. The number of imidazole rings is 1. The number of amides is 2. The van der Waals surface area contributed by atoms with Gasteiger partial charge in [-0.25, -0.2) is 28.3 Å². The number of alkyl halides is 3. The first-order chi connectivity index (χ1) is 29.2. The van der Waals surface area contributed by atoms with Crippen molar-refractivity contribution in [1.82, 2.24) is 24.0 Å². The van der Waals surface area contributed by atoms with Gasteiger partial charge in [0.05, 0.1) is 16.8 Å². The predicted molar refractivity (Wildman–Crippen MR) is 231 cm³/mol. The number of benzene rings is 1. The molecule has 7 rings (SSSR count). The van der Waals surface area contributed by atoms with Gasteiger partial charge in [-0.3, -0.25) is 5.32 Å². The van der Waals surface area contributed by atoms with E-state index in [1.807, 2.05) is 49.9 Å². The lowest BCUT2D eigenvalue weighted by Crippen LogP contribution is -2.36. The van der Waals surface area contributed by atoms with E-state index in [1.54, 1.807) is 31.9 Å². The molecule has 2 atom stereocenters. The average molecular weight is 903 g/mol. The van der Waals surface area contributed by atoms with Crippen LogP contribution in [-0.4, -0.2) is 81.5 Å². The number of rotatable bonds is 13. The molecule has 2 amide bonds. The van der Waals surface area contributed by atoms with Gasteiger partial charge in [-0.1, -0.05) is 33.5 Å². The maximum atomic E-state index is 18.0. The van der Waals surface area contributed by atoms with Crippen LogP contribution in [0.3, 0.4) is 0 Å². The third kappa shape index (κ3) is 10.5. The number of anilines is 1. The monoisotopic (exact) mass is 902 g/mol. The summed E-state index contributed by atoms with van der Waals surface area (Å²) in [7, 11) is -1.36. The summed E-state index contributed by atoms with van der Waals surface area (Å²) in [6.45, 7) is 22.5. The number of nitrogens with one attached hydrogen (secondary N) is 1. The predicted octanol–water partition coefficient (Wildman–Crippen LogP) is 11.4. The molecule has 0 spiro atoms. The normalized spacial score (nSPS) is 19.2. The van der Waals surface area contributed by atoms with Crippen LogP contribution < -0.4 is 10.1 Å². The Balaban J connectivity index is 1.41. The second kappa shape index (κ2) is 16.7. The van der Waals surface area contributed by atoms with E-state index in [9.17, 15) is 22.8 Å². The van der Waals surface area contributed by atoms with Crippen molar-refractivity contribution in [2.24, 2.45) is 11.8 Å². The van der Waals surface area contributed by atoms with E-state index in [4.69, 9.17) is 24.2 Å². The molecular formula is C45H59F5N6O6Si. The van der Waals surface area contributed by atoms with Gasteiger partial charge in [0.2, 0.25) is 0 Å². The van der Waals surface area contributed by atoms with Crippen LogP contribution in [0.15, 0.2) is 24.5 Å². The molecule has 1 saturated heterocycles. The van der Waals surface area contributed by atoms with Crippen LogP contribution in [0.4, 0.5) is 37.2 Å². The highest BCUT2D eigenvalue weighted by Crippen LogP contribution is 2.62. The molecule has 2 aliphatic carbocycles. The molecule has 2 unspecified atom stereocenters. The smallest absolute Gasteiger partial charge is 0.444 e. The van der Waals surface area contributed by atoms with Crippen molar-refractivity contribution < 1.29 is 50.5 Å². The molecule has 1 aromatic carbocycles. The van der Waals surface area contributed by atoms with Crippen molar-refractivity contribution in [3.63, 3.8) is 0 Å². The SMILES string of the molecule is CC(C)c1nc(-c2cc(NC(=O)OC(C)(C)C)cc(F)c2OC(F)(F)F)c(F)c2c1c(C1C3CN(C(=O)OC(C)(C)C)CC31)c(Cc1nccn1COCC[Si](C)(C)C)n2C1CC1. The standard InChI is InChI=1S/C45H59F5N6O6Si/c1-24(2)37-35-34(33-28-21-55(22-29(28)33)42(58)62-44(6,7)8)31(20-32-51-14-15-54(32)23-59-16-17-63(9,10)11)56(26-12-13-26)39(35)36(47)38(53-37)27-18-25(52-41(57)61-43(3,4)5)19-30(46)40(27)60-45(48,49)50/h14-15,18-19,24,26,28-29,33H,12-13,16-17,20-23H2,1-11H3,(H,52,57). The summed E-state index contributed by atoms with van der Waals surface area (Å²) < 4.78 is 101. The van der Waals surface area contributed by atoms with E-state index >= 15 is 8.78 Å². The summed E-state index contributed by atoms with van der Waals surface area (Å²) in [5, 5.41) is 2.91. The van der Waals surface area contributed by atoms with Crippen LogP contribution in [0.25, 0.3) is 22.2 Å². The second-order valence-electron chi connectivity index (χ2n) is 20.6. The number of pyridine rings is 1. The number of ether oxygens (including phenoxy) is 4. The highest BCUT2D eigenvalue weighted by Gasteiger charge is 2.60. The van der Waals surface area contributed by atoms with Crippen LogP contribution >= 0.6 is 0 Å². The molecule has 2 saturated carbocycles. The number of halogens is 5. The molecule has 3 aromatic heterocycles. The summed E-state index contributed by atoms with van der Waals surface area (Å²) in [5.74, 6) is -3.53. The fourth-order valence-electron chi connectivity index (χ4n) is 8.57. The van der Waals surface area contributed by atoms with E-state index in [0.717, 1.165) is 36.2 Å². The van der Waals surface area contributed by atoms with Crippen molar-refractivity contribution >= 4 is 36.9 Å². The quantitative estimate of drug-likeness (QED) is 0.0800. The summed E-state index contributed by atoms with van der Waals surface area (Å²) >= 11 is 0. The van der Waals surface area contributed by atoms with Crippen LogP contribution in [0.5, 0.6) is 5.75 Å². The lowest BCUT2D eigenvalue weighted by atomic mass is 9.95. The Morgan fingerprint density at radius 1 is 0.968 bits per heavy atom. The summed E-state index contributed by atoms with van der Waals surface area (Å²) in [5.41, 5.74) is -0.949. The number of carbonyl (C=O) groups is 2. The molecule has 344 valence electrons. The molecule has 0 bridgehead atoms. The minimum absolute atomic E-state index is 0.0263. The van der Waals surface area contributed by atoms with E-state index in [1.165, 1.54) is 0 Å². The van der Waals surface area contributed by atoms with Gasteiger partial charge in [0.15, 0.2) is 17.4 Å². The van der Waals surface area contributed by atoms with Crippen molar-refractivity contribution in [2.75, 3.05) is 25.0 Å². The lowest BCUT2D eigenvalue weighted by Gasteiger charge is -2.26. The van der Waals surface area contributed by atoms with Gasteiger partial charge in [0.25, 0.3) is 0 Å². The van der Waals surface area contributed by atoms with Crippen LogP contribution in [0.1, 0.15) is 109 Å². The van der Waals surface area contributed by atoms with Gasteiger partial charge < -0.3 is 33.0 Å². The van der Waals surface area contributed by atoms with E-state index < -0.39 is 72.4 Å². The van der Waals surface area contributed by atoms with E-state index in [2.05, 4.69) is 29.7 Å². The molecule has 18 heteroatoms. The number of hydrogen-bond acceptors (Lipinski definition) is 8. The van der Waals surface area contributed by atoms with E-state index in [-0.39, 0.29) is 48.2 Å². The number of aromatic nitrogens is 4. The number of hydrogen-bond donors (Lipinski definition) is 1. The van der Waals surface area contributed by atoms with E-state index in [0.29, 0.717) is 42.7 Å². The van der Waals surface area contributed by atoms with Crippen molar-refractivity contribution in [3.05, 3.63) is 58.9 Å². The first-order valence-corrected chi connectivity index (χ1v) is 25.3. The molecule has 3 fully saturated rings. The Morgan fingerprint density at radius 2 is 1.62 bits per heavy atom. The van der Waals surface area contributed by atoms with Crippen molar-refractivity contribution in [2.45, 2.75) is 143 Å². The van der Waals surface area contributed by atoms with Crippen LogP contribution in [0.2, 0.25) is 25.7 Å². The number of piperidine rings is 1. The Hall–Kier alpha value is -4.71. The molecule has 12 nitrogen and oxygen atoms in total. The third-order valence-corrected chi connectivity index (χ3v) is 13.1. The highest BCUT2D eigenvalue weighted by atomic mass is 28.3. The Morgan fingerprint density at radius 3 is 2.19 bits per heavy atom. The zero-order valence-electron chi connectivity index (χ0n) is 37.9. The number of likely N-dealkylation sites (tertiary alicyclic amines) is 1. The maximum Gasteiger partial charge on any atom is 0.573 e. The number of carbonyl (C=O) groups excluding carboxylic acids is 2. The zero-order chi connectivity index (χ0) is 46.1. The zero-order valence-corrected chi connectivity index (χ0v) is 38.9. The Labute approximate surface area is 365 Å². The third-order valence-electron chi connectivity index (χ3n) is 11.4. The first-order valence-electron chi connectivity index (χ1n) is 21.6. The second-order valence-corrected chi connectivity index (χ2v) is 26.2. The van der Waals surface area contributed by atoms with Gasteiger partial charge in [0.1, 0.15) is 29.5 Å². The van der Waals surface area contributed by atoms with Gasteiger partial charge in [0, 0.05) is 75.5 Å². The number of fused-ring (bicyclic) bond motifs is 2. The molecule has 1 N–H and O–H groups in total. The molecule has 3 aliphatic rings. The van der Waals surface area contributed by atoms with Gasteiger partial charge >= 0.3 is 18.5 Å². The Kier molecular flexibility index (Phi) is 12.3. The topological polar surface area (TPSA) is 122 Å². The number of nitrogens with zero attached hydrogens (tertiary/aromatic N) is 5. The maximum absolute atomic E-state index is 18.0. The average Bonchev–Trinajstić information content (AvgIpc) is 3.92. The first kappa shape index (κ1) is 46.3. The summed E-state index contributed by atoms with van der Waals surface area (Å²) in [6, 6.07) is 2.49. The summed E-state index contributed by atoms with van der Waals surface area (Å²) in [6.07, 6.45) is -1.52. The van der Waals surface area contributed by atoms with Gasteiger partial charge in [-0.2, -0.15) is 0 Å². The van der Waals surface area contributed by atoms with Gasteiger partial charge in [-0.15, -0.1) is 13.2 Å². The largest absolute Gasteiger partial charge is 0.573 e. The Bertz CT molecular complexity index is 2380. The fourth-order valence-corrected chi connectivity index (χ4v) is 9.33. The van der Waals surface area contributed by atoms with Crippen molar-refractivity contribution in [1.29, 1.82) is 0 Å². The lowest BCUT2D eigenvalue weighted by molar-refractivity contribution is -0.275. The van der Waals surface area contributed by atoms with Crippen molar-refractivity contribution in [3.8, 4) is 17.0 Å². The molecule has 4 aromatic rings. The minimum atomic E-state index is -5.36. The van der Waals surface area contributed by atoms with Gasteiger partial charge in [-0.05, 0) is 95.7 Å². The fraction of sp³-hybridized carbons (Fsp3) is 0.600. The highest BCUT2D eigenvalue weighted by molar-refractivity contribution is 6.76. The molecule has 4 heterocycles. The molecule has 0 radical (unpaired) electrons. The molecular weight excluding hydrogens is 844 g/mol. The van der Waals surface area contributed by atoms with Crippen LogP contribution in [0, 0.1) is 23.5 Å².